The van der Waals surface area contributed by atoms with Gasteiger partial charge >= 0.3 is 0 Å². The minimum atomic E-state index is -3.52. The molecule has 0 spiro atoms. The molecule has 7 heteroatoms. The highest BCUT2D eigenvalue weighted by atomic mass is 32.2. The zero-order valence-electron chi connectivity index (χ0n) is 15.1. The summed E-state index contributed by atoms with van der Waals surface area (Å²) in [6, 6.07) is 12.3. The van der Waals surface area contributed by atoms with Crippen molar-refractivity contribution in [1.82, 2.24) is 4.90 Å². The number of piperidine rings is 1. The van der Waals surface area contributed by atoms with Gasteiger partial charge in [-0.25, -0.2) is 12.8 Å². The summed E-state index contributed by atoms with van der Waals surface area (Å²) < 4.78 is 43.9. The fraction of sp³-hybridized carbons (Fsp3) is 0.350. The van der Waals surface area contributed by atoms with Crippen LogP contribution in [0.4, 0.5) is 4.39 Å². The van der Waals surface area contributed by atoms with Crippen LogP contribution in [0.25, 0.3) is 0 Å². The van der Waals surface area contributed by atoms with E-state index in [0.29, 0.717) is 31.7 Å². The molecule has 0 aromatic heterocycles. The number of hydrogen-bond acceptors (Lipinski definition) is 4. The molecule has 144 valence electrons. The van der Waals surface area contributed by atoms with Crippen LogP contribution in [-0.4, -0.2) is 44.2 Å². The third-order valence-corrected chi connectivity index (χ3v) is 7.04. The molecule has 1 aliphatic rings. The van der Waals surface area contributed by atoms with Crippen LogP contribution in [-0.2, 0) is 14.6 Å². The van der Waals surface area contributed by atoms with E-state index in [1.54, 1.807) is 4.90 Å². The number of aryl methyl sites for hydroxylation is 1. The van der Waals surface area contributed by atoms with Crippen molar-refractivity contribution in [3.63, 3.8) is 0 Å². The molecule has 0 unspecified atom stereocenters. The number of likely N-dealkylation sites (tertiary alicyclic amines) is 1. The number of amides is 1. The first-order chi connectivity index (χ1) is 12.9. The molecule has 0 saturated carbocycles. The van der Waals surface area contributed by atoms with Crippen molar-refractivity contribution >= 4 is 15.7 Å². The summed E-state index contributed by atoms with van der Waals surface area (Å²) in [5.41, 5.74) is 1.11. The number of ether oxygens (including phenoxy) is 1. The molecule has 0 N–H and O–H groups in total. The highest BCUT2D eigenvalue weighted by Gasteiger charge is 2.32. The lowest BCUT2D eigenvalue weighted by Crippen LogP contribution is -2.44. The topological polar surface area (TPSA) is 63.7 Å². The summed E-state index contributed by atoms with van der Waals surface area (Å²) in [6.07, 6.45) is 0.714. The molecule has 1 fully saturated rings. The molecule has 0 aliphatic carbocycles. The smallest absolute Gasteiger partial charge is 0.260 e. The molecule has 1 amide bonds. The van der Waals surface area contributed by atoms with Gasteiger partial charge in [0.1, 0.15) is 11.6 Å². The van der Waals surface area contributed by atoms with Crippen LogP contribution in [0, 0.1) is 12.7 Å². The van der Waals surface area contributed by atoms with Crippen molar-refractivity contribution in [2.24, 2.45) is 0 Å². The third-order valence-electron chi connectivity index (χ3n) is 4.76. The van der Waals surface area contributed by atoms with Crippen LogP contribution in [0.1, 0.15) is 18.4 Å². The number of benzene rings is 2. The summed E-state index contributed by atoms with van der Waals surface area (Å²) in [5.74, 6) is -0.00105. The van der Waals surface area contributed by atoms with E-state index in [-0.39, 0.29) is 17.4 Å². The Morgan fingerprint density at radius 1 is 1.07 bits per heavy atom. The van der Waals surface area contributed by atoms with E-state index >= 15 is 0 Å². The Kier molecular flexibility index (Phi) is 5.79. The summed E-state index contributed by atoms with van der Waals surface area (Å²) in [4.78, 5) is 14.1. The second-order valence-corrected chi connectivity index (χ2v) is 8.91. The molecular formula is C20H22FNO4S. The molecule has 1 aliphatic heterocycles. The molecule has 1 heterocycles. The number of rotatable bonds is 5. The fourth-order valence-corrected chi connectivity index (χ4v) is 4.83. The minimum absolute atomic E-state index is 0.0710. The van der Waals surface area contributed by atoms with E-state index in [0.717, 1.165) is 17.7 Å². The summed E-state index contributed by atoms with van der Waals surface area (Å²) in [7, 11) is -3.52. The van der Waals surface area contributed by atoms with E-state index in [1.807, 2.05) is 31.2 Å². The molecule has 3 rings (SSSR count). The Bertz CT molecular complexity index is 887. The molecule has 2 aromatic rings. The van der Waals surface area contributed by atoms with Crippen molar-refractivity contribution < 1.29 is 22.3 Å². The number of carbonyl (C=O) groups is 1. The summed E-state index contributed by atoms with van der Waals surface area (Å²) in [6.45, 7) is 2.62. The first kappa shape index (κ1) is 19.4. The Balaban J connectivity index is 1.54. The Labute approximate surface area is 158 Å². The lowest BCUT2D eigenvalue weighted by Gasteiger charge is -2.31. The molecule has 0 bridgehead atoms. The summed E-state index contributed by atoms with van der Waals surface area (Å²) in [5, 5.41) is -0.565. The maximum atomic E-state index is 13.0. The molecule has 5 nitrogen and oxygen atoms in total. The van der Waals surface area contributed by atoms with Crippen LogP contribution < -0.4 is 4.74 Å². The van der Waals surface area contributed by atoms with E-state index in [2.05, 4.69) is 0 Å². The van der Waals surface area contributed by atoms with Gasteiger partial charge in [-0.3, -0.25) is 4.79 Å². The molecular weight excluding hydrogens is 369 g/mol. The van der Waals surface area contributed by atoms with Crippen molar-refractivity contribution in [2.75, 3.05) is 19.7 Å². The SMILES string of the molecule is Cc1ccc(OCC(=O)N2CCC(S(=O)(=O)c3ccc(F)cc3)CC2)cc1. The Morgan fingerprint density at radius 2 is 1.67 bits per heavy atom. The van der Waals surface area contributed by atoms with Crippen molar-refractivity contribution in [3.8, 4) is 5.75 Å². The fourth-order valence-electron chi connectivity index (χ4n) is 3.10. The van der Waals surface area contributed by atoms with Gasteiger partial charge in [-0.05, 0) is 56.2 Å². The van der Waals surface area contributed by atoms with E-state index < -0.39 is 20.9 Å². The predicted molar refractivity (Wildman–Crippen MR) is 99.9 cm³/mol. The highest BCUT2D eigenvalue weighted by molar-refractivity contribution is 7.92. The summed E-state index contributed by atoms with van der Waals surface area (Å²) >= 11 is 0. The highest BCUT2D eigenvalue weighted by Crippen LogP contribution is 2.25. The van der Waals surface area contributed by atoms with Crippen molar-refractivity contribution in [1.29, 1.82) is 0 Å². The van der Waals surface area contributed by atoms with Crippen LogP contribution >= 0.6 is 0 Å². The van der Waals surface area contributed by atoms with Gasteiger partial charge in [-0.1, -0.05) is 17.7 Å². The number of carbonyl (C=O) groups excluding carboxylic acids is 1. The molecule has 0 atom stereocenters. The first-order valence-corrected chi connectivity index (χ1v) is 10.4. The van der Waals surface area contributed by atoms with Gasteiger partial charge in [0.25, 0.3) is 5.91 Å². The van der Waals surface area contributed by atoms with Crippen molar-refractivity contribution in [2.45, 2.75) is 29.9 Å². The van der Waals surface area contributed by atoms with Gasteiger partial charge in [-0.15, -0.1) is 0 Å². The number of hydrogen-bond donors (Lipinski definition) is 0. The van der Waals surface area contributed by atoms with E-state index in [9.17, 15) is 17.6 Å². The average molecular weight is 391 g/mol. The predicted octanol–water partition coefficient (Wildman–Crippen LogP) is 2.98. The van der Waals surface area contributed by atoms with Gasteiger partial charge in [0.15, 0.2) is 16.4 Å². The molecule has 0 radical (unpaired) electrons. The van der Waals surface area contributed by atoms with Gasteiger partial charge in [-0.2, -0.15) is 0 Å². The second-order valence-electron chi connectivity index (χ2n) is 6.68. The Morgan fingerprint density at radius 3 is 2.26 bits per heavy atom. The zero-order chi connectivity index (χ0) is 19.4. The molecule has 27 heavy (non-hydrogen) atoms. The third kappa shape index (κ3) is 4.66. The minimum Gasteiger partial charge on any atom is -0.484 e. The van der Waals surface area contributed by atoms with Crippen LogP contribution in [0.5, 0.6) is 5.75 Å². The normalized spacial score (nSPS) is 15.6. The number of nitrogens with zero attached hydrogens (tertiary/aromatic N) is 1. The van der Waals surface area contributed by atoms with Crippen LogP contribution in [0.2, 0.25) is 0 Å². The van der Waals surface area contributed by atoms with Gasteiger partial charge in [0.2, 0.25) is 0 Å². The largest absolute Gasteiger partial charge is 0.484 e. The Hall–Kier alpha value is -2.41. The maximum Gasteiger partial charge on any atom is 0.260 e. The van der Waals surface area contributed by atoms with Crippen LogP contribution in [0.15, 0.2) is 53.4 Å². The standard InChI is InChI=1S/C20H22FNO4S/c1-15-2-6-17(7-3-15)26-14-20(23)22-12-10-19(11-13-22)27(24,25)18-8-4-16(21)5-9-18/h2-9,19H,10-14H2,1H3. The van der Waals surface area contributed by atoms with Gasteiger partial charge in [0, 0.05) is 13.1 Å². The monoisotopic (exact) mass is 391 g/mol. The van der Waals surface area contributed by atoms with Crippen molar-refractivity contribution in [3.05, 3.63) is 59.9 Å². The molecule has 2 aromatic carbocycles. The van der Waals surface area contributed by atoms with Crippen LogP contribution in [0.3, 0.4) is 0 Å². The lowest BCUT2D eigenvalue weighted by atomic mass is 10.1. The zero-order valence-corrected chi connectivity index (χ0v) is 15.9. The van der Waals surface area contributed by atoms with E-state index in [4.69, 9.17) is 4.74 Å². The number of halogens is 1. The van der Waals surface area contributed by atoms with E-state index in [1.165, 1.54) is 12.1 Å². The first-order valence-electron chi connectivity index (χ1n) is 8.83. The lowest BCUT2D eigenvalue weighted by molar-refractivity contribution is -0.134. The second kappa shape index (κ2) is 8.08. The number of sulfone groups is 1. The average Bonchev–Trinajstić information content (AvgIpc) is 2.68. The molecule has 1 saturated heterocycles. The van der Waals surface area contributed by atoms with Gasteiger partial charge < -0.3 is 9.64 Å². The quantitative estimate of drug-likeness (QED) is 0.735. The van der Waals surface area contributed by atoms with Gasteiger partial charge in [0.05, 0.1) is 10.1 Å². The maximum absolute atomic E-state index is 13.0.